The lowest BCUT2D eigenvalue weighted by atomic mass is 10.1. The Hall–Kier alpha value is -2.15. The van der Waals surface area contributed by atoms with Crippen LogP contribution in [-0.2, 0) is 7.05 Å². The first-order valence-electron chi connectivity index (χ1n) is 7.31. The minimum Gasteiger partial charge on any atom is -0.354 e. The Morgan fingerprint density at radius 2 is 2.38 bits per heavy atom. The third-order valence-corrected chi connectivity index (χ3v) is 3.67. The lowest BCUT2D eigenvalue weighted by molar-refractivity contribution is 0.445. The zero-order valence-corrected chi connectivity index (χ0v) is 12.5. The largest absolute Gasteiger partial charge is 0.354 e. The highest BCUT2D eigenvalue weighted by molar-refractivity contribution is 5.53. The van der Waals surface area contributed by atoms with Crippen LogP contribution in [0, 0.1) is 0 Å². The van der Waals surface area contributed by atoms with Crippen LogP contribution in [0.1, 0.15) is 13.3 Å². The Labute approximate surface area is 124 Å². The standard InChI is InChI=1S/C14H21N7/c1-3-11-10-21(7-6-15-11)13-4-5-16-14(19-13)18-12-8-17-20(2)9-12/h4-5,8-9,11,15H,3,6-7,10H2,1-2H3,(H,16,18,19)/t11-/m1/s1. The van der Waals surface area contributed by atoms with Gasteiger partial charge in [-0.2, -0.15) is 10.1 Å². The first-order chi connectivity index (χ1) is 10.2. The quantitative estimate of drug-likeness (QED) is 0.879. The lowest BCUT2D eigenvalue weighted by Crippen LogP contribution is -2.50. The van der Waals surface area contributed by atoms with Gasteiger partial charge in [0.1, 0.15) is 5.82 Å². The van der Waals surface area contributed by atoms with Gasteiger partial charge in [0.25, 0.3) is 0 Å². The van der Waals surface area contributed by atoms with Gasteiger partial charge < -0.3 is 15.5 Å². The van der Waals surface area contributed by atoms with Crippen LogP contribution in [0.15, 0.2) is 24.7 Å². The first-order valence-corrected chi connectivity index (χ1v) is 7.31. The van der Waals surface area contributed by atoms with Crippen molar-refractivity contribution in [3.05, 3.63) is 24.7 Å². The van der Waals surface area contributed by atoms with E-state index in [4.69, 9.17) is 0 Å². The highest BCUT2D eigenvalue weighted by Crippen LogP contribution is 2.17. The molecule has 112 valence electrons. The van der Waals surface area contributed by atoms with Crippen molar-refractivity contribution in [2.75, 3.05) is 29.9 Å². The predicted octanol–water partition coefficient (Wildman–Crippen LogP) is 1.14. The van der Waals surface area contributed by atoms with E-state index in [1.165, 1.54) is 0 Å². The molecule has 1 aliphatic rings. The Balaban J connectivity index is 1.73. The molecule has 0 amide bonds. The molecule has 2 aromatic heterocycles. The Morgan fingerprint density at radius 1 is 1.48 bits per heavy atom. The molecule has 2 N–H and O–H groups in total. The van der Waals surface area contributed by atoms with Crippen LogP contribution >= 0.6 is 0 Å². The number of nitrogens with zero attached hydrogens (tertiary/aromatic N) is 5. The minimum absolute atomic E-state index is 0.531. The molecular weight excluding hydrogens is 266 g/mol. The van der Waals surface area contributed by atoms with E-state index in [-0.39, 0.29) is 0 Å². The van der Waals surface area contributed by atoms with E-state index < -0.39 is 0 Å². The van der Waals surface area contributed by atoms with Crippen LogP contribution in [0.2, 0.25) is 0 Å². The normalized spacial score (nSPS) is 18.8. The summed E-state index contributed by atoms with van der Waals surface area (Å²) in [5, 5.41) is 10.8. The number of nitrogens with one attached hydrogen (secondary N) is 2. The van der Waals surface area contributed by atoms with E-state index in [9.17, 15) is 0 Å². The number of piperazine rings is 1. The zero-order chi connectivity index (χ0) is 14.7. The fraction of sp³-hybridized carbons (Fsp3) is 0.500. The molecule has 0 aromatic carbocycles. The summed E-state index contributed by atoms with van der Waals surface area (Å²) in [4.78, 5) is 11.2. The van der Waals surface area contributed by atoms with Gasteiger partial charge in [0.15, 0.2) is 0 Å². The second-order valence-corrected chi connectivity index (χ2v) is 5.27. The van der Waals surface area contributed by atoms with Crippen molar-refractivity contribution in [1.82, 2.24) is 25.1 Å². The molecular formula is C14H21N7. The van der Waals surface area contributed by atoms with Crippen molar-refractivity contribution in [1.29, 1.82) is 0 Å². The van der Waals surface area contributed by atoms with Crippen molar-refractivity contribution in [2.45, 2.75) is 19.4 Å². The van der Waals surface area contributed by atoms with Crippen LogP contribution in [-0.4, -0.2) is 45.4 Å². The molecule has 1 atom stereocenters. The fourth-order valence-corrected chi connectivity index (χ4v) is 2.51. The van der Waals surface area contributed by atoms with Crippen LogP contribution in [0.5, 0.6) is 0 Å². The van der Waals surface area contributed by atoms with Crippen molar-refractivity contribution in [3.8, 4) is 0 Å². The summed E-state index contributed by atoms with van der Waals surface area (Å²) in [7, 11) is 1.88. The molecule has 0 radical (unpaired) electrons. The minimum atomic E-state index is 0.531. The van der Waals surface area contributed by atoms with Crippen molar-refractivity contribution in [3.63, 3.8) is 0 Å². The molecule has 0 unspecified atom stereocenters. The van der Waals surface area contributed by atoms with Gasteiger partial charge in [0, 0.05) is 45.1 Å². The van der Waals surface area contributed by atoms with Gasteiger partial charge in [-0.25, -0.2) is 4.98 Å². The van der Waals surface area contributed by atoms with Gasteiger partial charge in [-0.05, 0) is 12.5 Å². The molecule has 0 aliphatic carbocycles. The van der Waals surface area contributed by atoms with E-state index in [0.717, 1.165) is 37.6 Å². The molecule has 1 saturated heterocycles. The molecule has 7 heteroatoms. The van der Waals surface area contributed by atoms with Gasteiger partial charge in [-0.15, -0.1) is 0 Å². The van der Waals surface area contributed by atoms with Crippen LogP contribution < -0.4 is 15.5 Å². The van der Waals surface area contributed by atoms with Crippen molar-refractivity contribution >= 4 is 17.5 Å². The molecule has 7 nitrogen and oxygen atoms in total. The highest BCUT2D eigenvalue weighted by atomic mass is 15.3. The molecule has 21 heavy (non-hydrogen) atoms. The van der Waals surface area contributed by atoms with Crippen LogP contribution in [0.4, 0.5) is 17.5 Å². The molecule has 0 bridgehead atoms. The van der Waals surface area contributed by atoms with Gasteiger partial charge in [0.2, 0.25) is 5.95 Å². The van der Waals surface area contributed by atoms with Gasteiger partial charge >= 0.3 is 0 Å². The second kappa shape index (κ2) is 6.09. The highest BCUT2D eigenvalue weighted by Gasteiger charge is 2.19. The molecule has 1 aliphatic heterocycles. The van der Waals surface area contributed by atoms with Gasteiger partial charge in [-0.1, -0.05) is 6.92 Å². The maximum absolute atomic E-state index is 4.61. The summed E-state index contributed by atoms with van der Waals surface area (Å²) in [5.74, 6) is 1.57. The third kappa shape index (κ3) is 3.30. The maximum atomic E-state index is 4.61. The van der Waals surface area contributed by atoms with Crippen molar-refractivity contribution < 1.29 is 0 Å². The predicted molar refractivity (Wildman–Crippen MR) is 82.8 cm³/mol. The number of rotatable bonds is 4. The first kappa shape index (κ1) is 13.8. The average molecular weight is 287 g/mol. The van der Waals surface area contributed by atoms with E-state index in [0.29, 0.717) is 12.0 Å². The molecule has 3 rings (SSSR count). The zero-order valence-electron chi connectivity index (χ0n) is 12.5. The van der Waals surface area contributed by atoms with E-state index in [2.05, 4.69) is 37.5 Å². The third-order valence-electron chi connectivity index (χ3n) is 3.67. The molecule has 2 aromatic rings. The topological polar surface area (TPSA) is 70.9 Å². The summed E-state index contributed by atoms with van der Waals surface area (Å²) in [6.45, 7) is 5.16. The summed E-state index contributed by atoms with van der Waals surface area (Å²) in [6.07, 6.45) is 6.58. The monoisotopic (exact) mass is 287 g/mol. The van der Waals surface area contributed by atoms with Crippen molar-refractivity contribution in [2.24, 2.45) is 7.05 Å². The summed E-state index contributed by atoms with van der Waals surface area (Å²) >= 11 is 0. The number of aryl methyl sites for hydroxylation is 1. The van der Waals surface area contributed by atoms with Crippen LogP contribution in [0.3, 0.4) is 0 Å². The summed E-state index contributed by atoms with van der Waals surface area (Å²) < 4.78 is 1.74. The summed E-state index contributed by atoms with van der Waals surface area (Å²) in [6, 6.07) is 2.50. The number of anilines is 3. The fourth-order valence-electron chi connectivity index (χ4n) is 2.51. The maximum Gasteiger partial charge on any atom is 0.229 e. The molecule has 0 spiro atoms. The number of hydrogen-bond acceptors (Lipinski definition) is 6. The number of aromatic nitrogens is 4. The molecule has 1 fully saturated rings. The second-order valence-electron chi connectivity index (χ2n) is 5.27. The molecule has 0 saturated carbocycles. The smallest absolute Gasteiger partial charge is 0.229 e. The summed E-state index contributed by atoms with van der Waals surface area (Å²) in [5.41, 5.74) is 0.890. The SMILES string of the molecule is CC[C@@H]1CN(c2ccnc(Nc3cnn(C)c3)n2)CCN1. The van der Waals surface area contributed by atoms with Gasteiger partial charge in [0.05, 0.1) is 11.9 Å². The molecule has 3 heterocycles. The Kier molecular flexibility index (Phi) is 4.01. The number of hydrogen-bond donors (Lipinski definition) is 2. The van der Waals surface area contributed by atoms with E-state index >= 15 is 0 Å². The van der Waals surface area contributed by atoms with E-state index in [1.807, 2.05) is 19.3 Å². The van der Waals surface area contributed by atoms with Gasteiger partial charge in [-0.3, -0.25) is 4.68 Å². The average Bonchev–Trinajstić information content (AvgIpc) is 2.93. The van der Waals surface area contributed by atoms with Crippen LogP contribution in [0.25, 0.3) is 0 Å². The van der Waals surface area contributed by atoms with E-state index in [1.54, 1.807) is 17.1 Å². The lowest BCUT2D eigenvalue weighted by Gasteiger charge is -2.34. The Bertz CT molecular complexity index is 595. The Morgan fingerprint density at radius 3 is 3.14 bits per heavy atom.